The van der Waals surface area contributed by atoms with Gasteiger partial charge < -0.3 is 14.8 Å². The highest BCUT2D eigenvalue weighted by atomic mass is 16.5. The fourth-order valence-electron chi connectivity index (χ4n) is 4.36. The molecule has 0 spiro atoms. The van der Waals surface area contributed by atoms with Gasteiger partial charge in [-0.3, -0.25) is 14.4 Å². The molecule has 1 aromatic heterocycles. The zero-order valence-electron chi connectivity index (χ0n) is 17.9. The Labute approximate surface area is 178 Å². The maximum Gasteiger partial charge on any atom is 0.220 e. The lowest BCUT2D eigenvalue weighted by molar-refractivity contribution is -0.121. The van der Waals surface area contributed by atoms with E-state index in [0.29, 0.717) is 32.6 Å². The van der Waals surface area contributed by atoms with Crippen molar-refractivity contribution in [3.63, 3.8) is 0 Å². The summed E-state index contributed by atoms with van der Waals surface area (Å²) in [6.07, 6.45) is 3.06. The monoisotopic (exact) mass is 412 g/mol. The number of aromatic nitrogens is 2. The second-order valence-corrected chi connectivity index (χ2v) is 8.04. The van der Waals surface area contributed by atoms with Gasteiger partial charge in [0.1, 0.15) is 0 Å². The number of carbonyl (C=O) groups excluding carboxylic acids is 1. The Morgan fingerprint density at radius 3 is 2.97 bits per heavy atom. The van der Waals surface area contributed by atoms with Crippen LogP contribution < -0.4 is 5.32 Å². The summed E-state index contributed by atoms with van der Waals surface area (Å²) in [5.74, 6) is 0.0873. The third-order valence-corrected chi connectivity index (χ3v) is 6.04. The van der Waals surface area contributed by atoms with Crippen LogP contribution in [-0.2, 0) is 53.2 Å². The molecule has 0 saturated heterocycles. The Bertz CT molecular complexity index is 864. The summed E-state index contributed by atoms with van der Waals surface area (Å²) in [7, 11) is 1.70. The second-order valence-electron chi connectivity index (χ2n) is 8.04. The molecular weight excluding hydrogens is 380 g/mol. The molecule has 1 N–H and O–H groups in total. The van der Waals surface area contributed by atoms with Gasteiger partial charge in [-0.2, -0.15) is 5.10 Å². The fraction of sp³-hybridized carbons (Fsp3) is 0.565. The molecule has 1 amide bonds. The summed E-state index contributed by atoms with van der Waals surface area (Å²) < 4.78 is 12.9. The summed E-state index contributed by atoms with van der Waals surface area (Å²) >= 11 is 0. The molecule has 0 unspecified atom stereocenters. The third kappa shape index (κ3) is 5.09. The number of rotatable bonds is 9. The molecule has 7 heteroatoms. The second kappa shape index (κ2) is 10.2. The predicted octanol–water partition coefficient (Wildman–Crippen LogP) is 1.71. The lowest BCUT2D eigenvalue weighted by Gasteiger charge is -2.28. The maximum absolute atomic E-state index is 12.4. The summed E-state index contributed by atoms with van der Waals surface area (Å²) in [5.41, 5.74) is 6.25. The van der Waals surface area contributed by atoms with Crippen molar-refractivity contribution < 1.29 is 14.3 Å². The zero-order chi connectivity index (χ0) is 20.8. The third-order valence-electron chi connectivity index (χ3n) is 6.04. The number of nitrogens with zero attached hydrogens (tertiary/aromatic N) is 3. The fourth-order valence-corrected chi connectivity index (χ4v) is 4.36. The smallest absolute Gasteiger partial charge is 0.220 e. The van der Waals surface area contributed by atoms with Crippen LogP contribution >= 0.6 is 0 Å². The number of hydrogen-bond donors (Lipinski definition) is 1. The van der Waals surface area contributed by atoms with E-state index in [1.54, 1.807) is 7.11 Å². The Hall–Kier alpha value is -2.22. The molecule has 30 heavy (non-hydrogen) atoms. The molecule has 2 aliphatic heterocycles. The van der Waals surface area contributed by atoms with Gasteiger partial charge in [0.05, 0.1) is 32.1 Å². The Balaban J connectivity index is 1.23. The molecular formula is C23H32N4O3. The van der Waals surface area contributed by atoms with Gasteiger partial charge in [-0.1, -0.05) is 24.3 Å². The molecule has 0 atom stereocenters. The molecule has 162 valence electrons. The van der Waals surface area contributed by atoms with Crippen molar-refractivity contribution in [3.8, 4) is 0 Å². The average molecular weight is 413 g/mol. The van der Waals surface area contributed by atoms with Crippen LogP contribution in [0.5, 0.6) is 0 Å². The van der Waals surface area contributed by atoms with Crippen molar-refractivity contribution in [1.82, 2.24) is 20.0 Å². The van der Waals surface area contributed by atoms with Crippen molar-refractivity contribution in [3.05, 3.63) is 52.3 Å². The molecule has 0 fully saturated rings. The number of methoxy groups -OCH3 is 1. The van der Waals surface area contributed by atoms with Crippen LogP contribution in [0.4, 0.5) is 0 Å². The number of ether oxygens (including phenoxy) is 2. The highest BCUT2D eigenvalue weighted by Crippen LogP contribution is 2.22. The van der Waals surface area contributed by atoms with Crippen molar-refractivity contribution in [1.29, 1.82) is 0 Å². The Kier molecular flexibility index (Phi) is 7.15. The van der Waals surface area contributed by atoms with Crippen LogP contribution in [0.2, 0.25) is 0 Å². The summed E-state index contributed by atoms with van der Waals surface area (Å²) in [6.45, 7) is 6.29. The molecule has 7 nitrogen and oxygen atoms in total. The number of aryl methyl sites for hydroxylation is 1. The van der Waals surface area contributed by atoms with E-state index >= 15 is 0 Å². The number of benzene rings is 1. The number of amides is 1. The van der Waals surface area contributed by atoms with Gasteiger partial charge in [0, 0.05) is 63.8 Å². The van der Waals surface area contributed by atoms with E-state index in [4.69, 9.17) is 14.6 Å². The Morgan fingerprint density at radius 2 is 2.10 bits per heavy atom. The summed E-state index contributed by atoms with van der Waals surface area (Å²) in [5, 5.41) is 7.82. The predicted molar refractivity (Wildman–Crippen MR) is 114 cm³/mol. The normalized spacial score (nSPS) is 16.2. The molecule has 1 aromatic carbocycles. The molecule has 0 saturated carbocycles. The summed E-state index contributed by atoms with van der Waals surface area (Å²) in [4.78, 5) is 14.8. The van der Waals surface area contributed by atoms with E-state index < -0.39 is 0 Å². The molecule has 0 bridgehead atoms. The van der Waals surface area contributed by atoms with Gasteiger partial charge >= 0.3 is 0 Å². The number of fused-ring (bicyclic) bond motifs is 2. The van der Waals surface area contributed by atoms with Crippen LogP contribution in [0.3, 0.4) is 0 Å². The zero-order valence-corrected chi connectivity index (χ0v) is 17.9. The first-order valence-corrected chi connectivity index (χ1v) is 10.9. The van der Waals surface area contributed by atoms with Crippen LogP contribution in [0, 0.1) is 0 Å². The van der Waals surface area contributed by atoms with E-state index in [2.05, 4.69) is 34.5 Å². The van der Waals surface area contributed by atoms with Gasteiger partial charge in [0.2, 0.25) is 5.91 Å². The number of carbonyl (C=O) groups is 1. The quantitative estimate of drug-likeness (QED) is 0.679. The molecule has 3 heterocycles. The van der Waals surface area contributed by atoms with E-state index in [1.165, 1.54) is 16.8 Å². The first-order valence-electron chi connectivity index (χ1n) is 10.9. The minimum Gasteiger partial charge on any atom is -0.383 e. The Morgan fingerprint density at radius 1 is 1.23 bits per heavy atom. The first kappa shape index (κ1) is 21.0. The summed E-state index contributed by atoms with van der Waals surface area (Å²) in [6, 6.07) is 8.63. The first-order chi connectivity index (χ1) is 14.7. The SMILES string of the molecule is COCCn1nc(CCC(=O)NCCN2CCc3ccccc3C2)c2c1CCOC2. The van der Waals surface area contributed by atoms with Gasteiger partial charge in [0.25, 0.3) is 0 Å². The molecule has 0 aliphatic carbocycles. The van der Waals surface area contributed by atoms with Gasteiger partial charge in [-0.05, 0) is 17.5 Å². The number of nitrogens with one attached hydrogen (secondary N) is 1. The van der Waals surface area contributed by atoms with Crippen molar-refractivity contribution in [2.24, 2.45) is 0 Å². The van der Waals surface area contributed by atoms with Crippen molar-refractivity contribution in [2.75, 3.05) is 40.0 Å². The highest BCUT2D eigenvalue weighted by Gasteiger charge is 2.21. The van der Waals surface area contributed by atoms with Crippen LogP contribution in [0.1, 0.15) is 34.5 Å². The van der Waals surface area contributed by atoms with Gasteiger partial charge in [-0.15, -0.1) is 0 Å². The highest BCUT2D eigenvalue weighted by molar-refractivity contribution is 5.76. The van der Waals surface area contributed by atoms with Crippen LogP contribution in [-0.4, -0.2) is 60.5 Å². The van der Waals surface area contributed by atoms with E-state index in [1.807, 2.05) is 4.68 Å². The van der Waals surface area contributed by atoms with Crippen LogP contribution in [0.15, 0.2) is 24.3 Å². The maximum atomic E-state index is 12.4. The van der Waals surface area contributed by atoms with Crippen molar-refractivity contribution >= 4 is 5.91 Å². The lowest BCUT2D eigenvalue weighted by atomic mass is 10.00. The van der Waals surface area contributed by atoms with Crippen molar-refractivity contribution in [2.45, 2.75) is 45.4 Å². The van der Waals surface area contributed by atoms with E-state index in [-0.39, 0.29) is 5.91 Å². The topological polar surface area (TPSA) is 68.6 Å². The minimum absolute atomic E-state index is 0.0873. The molecule has 2 aromatic rings. The van der Waals surface area contributed by atoms with Gasteiger partial charge in [-0.25, -0.2) is 0 Å². The minimum atomic E-state index is 0.0873. The number of hydrogen-bond acceptors (Lipinski definition) is 5. The largest absolute Gasteiger partial charge is 0.383 e. The molecule has 4 rings (SSSR count). The van der Waals surface area contributed by atoms with Gasteiger partial charge in [0.15, 0.2) is 0 Å². The standard InChI is InChI=1S/C23H32N4O3/c1-29-15-13-27-22-9-14-30-17-20(22)21(25-27)6-7-23(28)24-10-12-26-11-8-18-4-2-3-5-19(18)16-26/h2-5H,6-17H2,1H3,(H,24,28). The van der Waals surface area contributed by atoms with Crippen LogP contribution in [0.25, 0.3) is 0 Å². The molecule has 2 aliphatic rings. The average Bonchev–Trinajstić information content (AvgIpc) is 3.14. The molecule has 0 radical (unpaired) electrons. The lowest BCUT2D eigenvalue weighted by Crippen LogP contribution is -2.37. The van der Waals surface area contributed by atoms with E-state index in [9.17, 15) is 4.79 Å². The van der Waals surface area contributed by atoms with E-state index in [0.717, 1.165) is 56.9 Å².